The van der Waals surface area contributed by atoms with Gasteiger partial charge in [0.15, 0.2) is 11.5 Å². The molecule has 1 unspecified atom stereocenters. The Bertz CT molecular complexity index is 1160. The first-order chi connectivity index (χ1) is 14.1. The fourth-order valence-corrected chi connectivity index (χ4v) is 4.61. The first kappa shape index (κ1) is 16.5. The summed E-state index contributed by atoms with van der Waals surface area (Å²) in [6.07, 6.45) is 0. The van der Waals surface area contributed by atoms with Gasteiger partial charge in [0.1, 0.15) is 23.5 Å². The number of hydrogen-bond acceptors (Lipinski definition) is 6. The highest BCUT2D eigenvalue weighted by Crippen LogP contribution is 2.55. The van der Waals surface area contributed by atoms with Gasteiger partial charge in [0.05, 0.1) is 12.2 Å². The Morgan fingerprint density at radius 3 is 2.62 bits per heavy atom. The fraction of sp³-hybridized carbons (Fsp3) is 0.273. The second-order valence-electron chi connectivity index (χ2n) is 7.61. The number of para-hydroxylation sites is 1. The largest absolute Gasteiger partial charge is 0.491 e. The Labute approximate surface area is 166 Å². The molecule has 0 fully saturated rings. The lowest BCUT2D eigenvalue weighted by molar-refractivity contribution is -0.122. The van der Waals surface area contributed by atoms with Gasteiger partial charge < -0.3 is 23.6 Å². The number of aromatic nitrogens is 1. The van der Waals surface area contributed by atoms with Crippen LogP contribution in [0.2, 0.25) is 0 Å². The summed E-state index contributed by atoms with van der Waals surface area (Å²) in [6, 6.07) is 11.6. The van der Waals surface area contributed by atoms with E-state index in [-0.39, 0.29) is 19.3 Å². The molecule has 0 radical (unpaired) electrons. The summed E-state index contributed by atoms with van der Waals surface area (Å²) in [5.41, 5.74) is 3.46. The van der Waals surface area contributed by atoms with Gasteiger partial charge in [-0.25, -0.2) is 0 Å². The van der Waals surface area contributed by atoms with Crippen molar-refractivity contribution < 1.29 is 23.5 Å². The van der Waals surface area contributed by atoms with E-state index in [2.05, 4.69) is 5.16 Å². The minimum absolute atomic E-state index is 0.0173. The van der Waals surface area contributed by atoms with Crippen LogP contribution in [0.3, 0.4) is 0 Å². The molecule has 6 rings (SSSR count). The maximum Gasteiger partial charge on any atom is 0.246 e. The molecule has 0 saturated carbocycles. The zero-order chi connectivity index (χ0) is 19.8. The highest BCUT2D eigenvalue weighted by atomic mass is 16.7. The summed E-state index contributed by atoms with van der Waals surface area (Å²) < 4.78 is 22.4. The third-order valence-corrected chi connectivity index (χ3v) is 6.14. The first-order valence-corrected chi connectivity index (χ1v) is 9.50. The van der Waals surface area contributed by atoms with Gasteiger partial charge in [0, 0.05) is 22.9 Å². The number of benzene rings is 2. The van der Waals surface area contributed by atoms with E-state index in [9.17, 15) is 4.79 Å². The monoisotopic (exact) mass is 390 g/mol. The molecule has 0 bridgehead atoms. The zero-order valence-corrected chi connectivity index (χ0v) is 16.0. The third-order valence-electron chi connectivity index (χ3n) is 6.14. The number of ether oxygens (including phenoxy) is 3. The van der Waals surface area contributed by atoms with Crippen molar-refractivity contribution in [3.05, 3.63) is 64.5 Å². The van der Waals surface area contributed by atoms with Crippen LogP contribution < -0.4 is 19.1 Å². The van der Waals surface area contributed by atoms with E-state index in [0.29, 0.717) is 23.8 Å². The van der Waals surface area contributed by atoms with Crippen molar-refractivity contribution in [2.24, 2.45) is 0 Å². The van der Waals surface area contributed by atoms with Gasteiger partial charge in [-0.3, -0.25) is 4.79 Å². The van der Waals surface area contributed by atoms with Gasteiger partial charge >= 0.3 is 0 Å². The average molecular weight is 390 g/mol. The molecule has 0 N–H and O–H groups in total. The van der Waals surface area contributed by atoms with Crippen LogP contribution in [-0.4, -0.2) is 24.5 Å². The zero-order valence-electron chi connectivity index (χ0n) is 16.0. The van der Waals surface area contributed by atoms with Crippen LogP contribution >= 0.6 is 0 Å². The summed E-state index contributed by atoms with van der Waals surface area (Å²) >= 11 is 0. The lowest BCUT2D eigenvalue weighted by Crippen LogP contribution is -2.42. The number of carbonyl (C=O) groups is 1. The van der Waals surface area contributed by atoms with Crippen molar-refractivity contribution in [1.29, 1.82) is 0 Å². The van der Waals surface area contributed by atoms with E-state index < -0.39 is 5.41 Å². The highest BCUT2D eigenvalue weighted by Gasteiger charge is 2.57. The number of anilines is 1. The van der Waals surface area contributed by atoms with Crippen molar-refractivity contribution in [2.75, 3.05) is 18.3 Å². The van der Waals surface area contributed by atoms with Crippen molar-refractivity contribution in [1.82, 2.24) is 5.16 Å². The molecule has 0 aliphatic carbocycles. The molecule has 1 spiro atoms. The minimum atomic E-state index is -0.897. The molecule has 0 saturated heterocycles. The quantitative estimate of drug-likeness (QED) is 0.669. The van der Waals surface area contributed by atoms with Crippen molar-refractivity contribution in [3.63, 3.8) is 0 Å². The van der Waals surface area contributed by atoms with Gasteiger partial charge in [0.2, 0.25) is 12.7 Å². The highest BCUT2D eigenvalue weighted by molar-refractivity contribution is 6.11. The van der Waals surface area contributed by atoms with Crippen LogP contribution in [0.15, 0.2) is 40.9 Å². The Balaban J connectivity index is 1.52. The molecule has 146 valence electrons. The summed E-state index contributed by atoms with van der Waals surface area (Å²) in [6.45, 7) is 4.58. The predicted molar refractivity (Wildman–Crippen MR) is 102 cm³/mol. The van der Waals surface area contributed by atoms with E-state index in [4.69, 9.17) is 18.7 Å². The van der Waals surface area contributed by atoms with E-state index in [1.165, 1.54) is 0 Å². The number of amides is 1. The van der Waals surface area contributed by atoms with E-state index in [1.54, 1.807) is 0 Å². The number of rotatable bonds is 2. The molecule has 3 aliphatic heterocycles. The van der Waals surface area contributed by atoms with E-state index >= 15 is 0 Å². The molecule has 1 aromatic heterocycles. The number of aryl methyl sites for hydroxylation is 2. The first-order valence-electron chi connectivity index (χ1n) is 9.50. The molecule has 3 aliphatic rings. The van der Waals surface area contributed by atoms with E-state index in [1.807, 2.05) is 55.1 Å². The van der Waals surface area contributed by atoms with Gasteiger partial charge in [-0.1, -0.05) is 23.4 Å². The van der Waals surface area contributed by atoms with Crippen LogP contribution in [0, 0.1) is 13.8 Å². The van der Waals surface area contributed by atoms with Crippen LogP contribution in [0.25, 0.3) is 0 Å². The lowest BCUT2D eigenvalue weighted by atomic mass is 9.77. The molecule has 7 heteroatoms. The lowest BCUT2D eigenvalue weighted by Gasteiger charge is -2.23. The Hall–Kier alpha value is -3.48. The smallest absolute Gasteiger partial charge is 0.246 e. The fourth-order valence-electron chi connectivity index (χ4n) is 4.61. The average Bonchev–Trinajstić information content (AvgIpc) is 3.46. The second-order valence-corrected chi connectivity index (χ2v) is 7.61. The summed E-state index contributed by atoms with van der Waals surface area (Å²) in [4.78, 5) is 15.7. The number of carbonyl (C=O) groups excluding carboxylic acids is 1. The molecule has 3 aromatic rings. The van der Waals surface area contributed by atoms with Gasteiger partial charge in [-0.2, -0.15) is 0 Å². The molecule has 29 heavy (non-hydrogen) atoms. The standard InChI is InChI=1S/C22H18N2O5/c1-12-14(13(2)29-23-12)9-24-17-6-4-3-5-15(17)22(21(24)25)10-26-18-8-20-19(7-16(18)22)27-11-28-20/h3-8H,9-11H2,1-2H3. The number of hydrogen-bond donors (Lipinski definition) is 0. The molecule has 1 amide bonds. The Morgan fingerprint density at radius 1 is 1.03 bits per heavy atom. The Morgan fingerprint density at radius 2 is 1.83 bits per heavy atom. The molecular formula is C22H18N2O5. The summed E-state index contributed by atoms with van der Waals surface area (Å²) in [5, 5.41) is 4.04. The molecule has 4 heterocycles. The van der Waals surface area contributed by atoms with Crippen molar-refractivity contribution in [3.8, 4) is 17.2 Å². The SMILES string of the molecule is Cc1noc(C)c1CN1C(=O)C2(COc3cc4c(cc32)OCO4)c2ccccc21. The number of nitrogens with zero attached hydrogens (tertiary/aromatic N) is 2. The molecular weight excluding hydrogens is 372 g/mol. The van der Waals surface area contributed by atoms with Gasteiger partial charge in [-0.15, -0.1) is 0 Å². The minimum Gasteiger partial charge on any atom is -0.491 e. The van der Waals surface area contributed by atoms with Crippen LogP contribution in [0.4, 0.5) is 5.69 Å². The molecule has 1 atom stereocenters. The normalized spacial score (nSPS) is 20.9. The maximum atomic E-state index is 13.9. The predicted octanol–water partition coefficient (Wildman–Crippen LogP) is 3.25. The number of fused-ring (bicyclic) bond motifs is 5. The summed E-state index contributed by atoms with van der Waals surface area (Å²) in [7, 11) is 0. The van der Waals surface area contributed by atoms with E-state index in [0.717, 1.165) is 33.8 Å². The van der Waals surface area contributed by atoms with Crippen molar-refractivity contribution in [2.45, 2.75) is 25.8 Å². The van der Waals surface area contributed by atoms with Crippen LogP contribution in [0.5, 0.6) is 17.2 Å². The maximum absolute atomic E-state index is 13.9. The van der Waals surface area contributed by atoms with Crippen LogP contribution in [0.1, 0.15) is 28.1 Å². The van der Waals surface area contributed by atoms with Gasteiger partial charge in [0.25, 0.3) is 0 Å². The van der Waals surface area contributed by atoms with Gasteiger partial charge in [-0.05, 0) is 31.5 Å². The van der Waals surface area contributed by atoms with Crippen molar-refractivity contribution >= 4 is 11.6 Å². The van der Waals surface area contributed by atoms with Crippen LogP contribution in [-0.2, 0) is 16.8 Å². The Kier molecular flexibility index (Phi) is 3.14. The third kappa shape index (κ3) is 2.02. The topological polar surface area (TPSA) is 74.0 Å². The summed E-state index contributed by atoms with van der Waals surface area (Å²) in [5.74, 6) is 2.66. The molecule has 7 nitrogen and oxygen atoms in total. The second kappa shape index (κ2) is 5.53. The molecule has 2 aromatic carbocycles.